The summed E-state index contributed by atoms with van der Waals surface area (Å²) in [6.45, 7) is 1.54. The molecule has 1 unspecified atom stereocenters. The van der Waals surface area contributed by atoms with Crippen LogP contribution in [0.15, 0.2) is 24.3 Å². The number of hydrogen-bond acceptors (Lipinski definition) is 3. The van der Waals surface area contributed by atoms with Gasteiger partial charge in [0, 0.05) is 42.6 Å². The van der Waals surface area contributed by atoms with Crippen molar-refractivity contribution in [2.45, 2.75) is 31.7 Å². The molecule has 0 radical (unpaired) electrons. The highest BCUT2D eigenvalue weighted by molar-refractivity contribution is 6.30. The summed E-state index contributed by atoms with van der Waals surface area (Å²) in [6.07, 6.45) is 2.64. The van der Waals surface area contributed by atoms with E-state index in [9.17, 15) is 9.59 Å². The van der Waals surface area contributed by atoms with Gasteiger partial charge in [-0.1, -0.05) is 11.6 Å². The van der Waals surface area contributed by atoms with E-state index < -0.39 is 0 Å². The predicted octanol–water partition coefficient (Wildman–Crippen LogP) is 2.94. The quantitative estimate of drug-likeness (QED) is 0.835. The number of Topliss-reactive ketones (excluding diaryl/α,β-unsaturated/α-hetero) is 1. The molecule has 1 heterocycles. The Morgan fingerprint density at radius 2 is 1.95 bits per heavy atom. The Labute approximate surface area is 142 Å². The second-order valence-corrected chi connectivity index (χ2v) is 5.83. The summed E-state index contributed by atoms with van der Waals surface area (Å²) >= 11 is 5.79. The zero-order chi connectivity index (χ0) is 15.2. The number of halogens is 2. The minimum atomic E-state index is -0.0119. The van der Waals surface area contributed by atoms with Crippen LogP contribution in [0.3, 0.4) is 0 Å². The van der Waals surface area contributed by atoms with Crippen LogP contribution in [0.4, 0.5) is 0 Å². The van der Waals surface area contributed by atoms with E-state index in [-0.39, 0.29) is 36.9 Å². The van der Waals surface area contributed by atoms with E-state index >= 15 is 0 Å². The van der Waals surface area contributed by atoms with Crippen LogP contribution in [0, 0.1) is 0 Å². The Morgan fingerprint density at radius 1 is 1.27 bits per heavy atom. The number of rotatable bonds is 5. The van der Waals surface area contributed by atoms with Crippen molar-refractivity contribution in [1.82, 2.24) is 10.2 Å². The highest BCUT2D eigenvalue weighted by atomic mass is 35.5. The van der Waals surface area contributed by atoms with Gasteiger partial charge in [-0.05, 0) is 44.2 Å². The van der Waals surface area contributed by atoms with Crippen LogP contribution in [0.1, 0.15) is 36.0 Å². The summed E-state index contributed by atoms with van der Waals surface area (Å²) in [7, 11) is 1.92. The third kappa shape index (κ3) is 5.27. The number of carbonyl (C=O) groups excluding carboxylic acids is 2. The minimum absolute atomic E-state index is 0. The Hall–Kier alpha value is -1.10. The average Bonchev–Trinajstić information content (AvgIpc) is 2.53. The molecule has 0 saturated carbocycles. The number of nitrogens with one attached hydrogen (secondary N) is 1. The summed E-state index contributed by atoms with van der Waals surface area (Å²) in [5.74, 6) is 0.0551. The molecular formula is C16H22Cl2N2O2. The van der Waals surface area contributed by atoms with E-state index in [0.29, 0.717) is 16.6 Å². The molecule has 6 heteroatoms. The van der Waals surface area contributed by atoms with Crippen molar-refractivity contribution in [3.63, 3.8) is 0 Å². The van der Waals surface area contributed by atoms with Crippen LogP contribution in [-0.4, -0.2) is 42.8 Å². The van der Waals surface area contributed by atoms with Gasteiger partial charge in [-0.25, -0.2) is 0 Å². The van der Waals surface area contributed by atoms with Crippen LogP contribution in [0.5, 0.6) is 0 Å². The molecule has 1 aliphatic rings. The number of likely N-dealkylation sites (tertiary alicyclic amines) is 1. The van der Waals surface area contributed by atoms with E-state index in [1.165, 1.54) is 0 Å². The fourth-order valence-electron chi connectivity index (χ4n) is 2.60. The third-order valence-electron chi connectivity index (χ3n) is 3.91. The van der Waals surface area contributed by atoms with Gasteiger partial charge in [0.2, 0.25) is 5.91 Å². The zero-order valence-corrected chi connectivity index (χ0v) is 14.3. The van der Waals surface area contributed by atoms with Crippen LogP contribution in [0.2, 0.25) is 5.02 Å². The Morgan fingerprint density at radius 3 is 2.59 bits per heavy atom. The molecule has 22 heavy (non-hydrogen) atoms. The molecule has 0 bridgehead atoms. The fraction of sp³-hybridized carbons (Fsp3) is 0.500. The van der Waals surface area contributed by atoms with Gasteiger partial charge in [0.05, 0.1) is 0 Å². The number of piperidine rings is 1. The standard InChI is InChI=1S/C16H21ClN2O2.ClH/c1-18-14-3-2-10-19(11-14)16(21)9-8-15(20)12-4-6-13(17)7-5-12;/h4-7,14,18H,2-3,8-11H2,1H3;1H. The van der Waals surface area contributed by atoms with Crippen LogP contribution < -0.4 is 5.32 Å². The van der Waals surface area contributed by atoms with Gasteiger partial charge in [-0.15, -0.1) is 12.4 Å². The second kappa shape index (κ2) is 9.13. The molecular weight excluding hydrogens is 323 g/mol. The van der Waals surface area contributed by atoms with E-state index in [0.717, 1.165) is 25.9 Å². The Balaban J connectivity index is 0.00000242. The summed E-state index contributed by atoms with van der Waals surface area (Å²) in [4.78, 5) is 26.1. The summed E-state index contributed by atoms with van der Waals surface area (Å²) < 4.78 is 0. The molecule has 1 amide bonds. The van der Waals surface area contributed by atoms with Gasteiger partial charge in [0.25, 0.3) is 0 Å². The fourth-order valence-corrected chi connectivity index (χ4v) is 2.72. The van der Waals surface area contributed by atoms with Crippen LogP contribution >= 0.6 is 24.0 Å². The van der Waals surface area contributed by atoms with E-state index in [1.807, 2.05) is 11.9 Å². The number of carbonyl (C=O) groups is 2. The molecule has 1 aromatic rings. The van der Waals surface area contributed by atoms with Crippen molar-refractivity contribution in [3.05, 3.63) is 34.9 Å². The van der Waals surface area contributed by atoms with E-state index in [4.69, 9.17) is 11.6 Å². The highest BCUT2D eigenvalue weighted by Crippen LogP contribution is 2.14. The maximum Gasteiger partial charge on any atom is 0.223 e. The molecule has 0 aliphatic carbocycles. The van der Waals surface area contributed by atoms with Gasteiger partial charge in [-0.3, -0.25) is 9.59 Å². The van der Waals surface area contributed by atoms with Crippen molar-refractivity contribution in [3.8, 4) is 0 Å². The molecule has 1 aliphatic heterocycles. The Kier molecular flexibility index (Phi) is 7.87. The lowest BCUT2D eigenvalue weighted by molar-refractivity contribution is -0.132. The lowest BCUT2D eigenvalue weighted by Crippen LogP contribution is -2.47. The highest BCUT2D eigenvalue weighted by Gasteiger charge is 2.22. The van der Waals surface area contributed by atoms with E-state index in [1.54, 1.807) is 24.3 Å². The molecule has 122 valence electrons. The summed E-state index contributed by atoms with van der Waals surface area (Å²) in [5, 5.41) is 3.82. The first-order valence-corrected chi connectivity index (χ1v) is 7.71. The van der Waals surface area contributed by atoms with Crippen molar-refractivity contribution in [2.24, 2.45) is 0 Å². The number of nitrogens with zero attached hydrogens (tertiary/aromatic N) is 1. The zero-order valence-electron chi connectivity index (χ0n) is 12.7. The predicted molar refractivity (Wildman–Crippen MR) is 90.9 cm³/mol. The molecule has 1 N–H and O–H groups in total. The largest absolute Gasteiger partial charge is 0.341 e. The van der Waals surface area contributed by atoms with Crippen molar-refractivity contribution >= 4 is 35.7 Å². The lowest BCUT2D eigenvalue weighted by atomic mass is 10.0. The number of ketones is 1. The molecule has 0 spiro atoms. The van der Waals surface area contributed by atoms with Gasteiger partial charge in [-0.2, -0.15) is 0 Å². The van der Waals surface area contributed by atoms with Gasteiger partial charge >= 0.3 is 0 Å². The number of hydrogen-bond donors (Lipinski definition) is 1. The monoisotopic (exact) mass is 344 g/mol. The number of benzene rings is 1. The van der Waals surface area contributed by atoms with Gasteiger partial charge in [0.15, 0.2) is 5.78 Å². The second-order valence-electron chi connectivity index (χ2n) is 5.40. The number of likely N-dealkylation sites (N-methyl/N-ethyl adjacent to an activating group) is 1. The molecule has 1 fully saturated rings. The minimum Gasteiger partial charge on any atom is -0.341 e. The van der Waals surface area contributed by atoms with Crippen LogP contribution in [-0.2, 0) is 4.79 Å². The van der Waals surface area contributed by atoms with Crippen molar-refractivity contribution in [2.75, 3.05) is 20.1 Å². The molecule has 0 aromatic heterocycles. The molecule has 1 saturated heterocycles. The first kappa shape index (κ1) is 18.9. The van der Waals surface area contributed by atoms with E-state index in [2.05, 4.69) is 5.32 Å². The van der Waals surface area contributed by atoms with Crippen molar-refractivity contribution < 1.29 is 9.59 Å². The van der Waals surface area contributed by atoms with Gasteiger partial charge in [0.1, 0.15) is 0 Å². The third-order valence-corrected chi connectivity index (χ3v) is 4.17. The molecule has 1 atom stereocenters. The SMILES string of the molecule is CNC1CCCN(C(=O)CCC(=O)c2ccc(Cl)cc2)C1.Cl. The molecule has 4 nitrogen and oxygen atoms in total. The van der Waals surface area contributed by atoms with Crippen molar-refractivity contribution in [1.29, 1.82) is 0 Å². The smallest absolute Gasteiger partial charge is 0.223 e. The first-order valence-electron chi connectivity index (χ1n) is 7.34. The average molecular weight is 345 g/mol. The van der Waals surface area contributed by atoms with Gasteiger partial charge < -0.3 is 10.2 Å². The van der Waals surface area contributed by atoms with Crippen LogP contribution in [0.25, 0.3) is 0 Å². The molecule has 1 aromatic carbocycles. The lowest BCUT2D eigenvalue weighted by Gasteiger charge is -2.32. The summed E-state index contributed by atoms with van der Waals surface area (Å²) in [6, 6.07) is 7.16. The maximum absolute atomic E-state index is 12.2. The number of amides is 1. The topological polar surface area (TPSA) is 49.4 Å². The first-order chi connectivity index (χ1) is 10.1. The Bertz CT molecular complexity index is 505. The molecule has 2 rings (SSSR count). The normalized spacial score (nSPS) is 17.7. The maximum atomic E-state index is 12.2. The summed E-state index contributed by atoms with van der Waals surface area (Å²) in [5.41, 5.74) is 0.610.